The molecule has 6 nitrogen and oxygen atoms in total. The summed E-state index contributed by atoms with van der Waals surface area (Å²) in [5, 5.41) is 16.0. The van der Waals surface area contributed by atoms with E-state index in [-0.39, 0.29) is 17.3 Å². The van der Waals surface area contributed by atoms with Crippen molar-refractivity contribution in [3.05, 3.63) is 51.2 Å². The number of carboxylic acids is 1. The van der Waals surface area contributed by atoms with E-state index < -0.39 is 5.97 Å². The zero-order valence-electron chi connectivity index (χ0n) is 15.2. The fourth-order valence-electron chi connectivity index (χ4n) is 4.23. The van der Waals surface area contributed by atoms with Gasteiger partial charge in [-0.25, -0.2) is 4.79 Å². The number of aromatic carboxylic acids is 1. The van der Waals surface area contributed by atoms with Gasteiger partial charge in [-0.05, 0) is 43.4 Å². The van der Waals surface area contributed by atoms with E-state index in [0.29, 0.717) is 32.6 Å². The number of pyridine rings is 1. The molecule has 1 aliphatic carbocycles. The number of carbonyl (C=O) groups is 1. The van der Waals surface area contributed by atoms with E-state index in [9.17, 15) is 14.7 Å². The van der Waals surface area contributed by atoms with Gasteiger partial charge in [0.05, 0.1) is 5.69 Å². The molecule has 3 aromatic rings. The maximum Gasteiger partial charge on any atom is 0.353 e. The molecule has 7 heteroatoms. The fourth-order valence-corrected chi connectivity index (χ4v) is 4.40. The molecule has 1 aliphatic rings. The number of halogens is 1. The number of rotatable bonds is 3. The molecule has 2 aromatic heterocycles. The highest BCUT2D eigenvalue weighted by Crippen LogP contribution is 2.37. The summed E-state index contributed by atoms with van der Waals surface area (Å²) in [4.78, 5) is 25.6. The van der Waals surface area contributed by atoms with Gasteiger partial charge in [0.15, 0.2) is 0 Å². The predicted molar refractivity (Wildman–Crippen MR) is 105 cm³/mol. The Kier molecular flexibility index (Phi) is 4.30. The molecule has 1 saturated carbocycles. The second kappa shape index (κ2) is 6.53. The van der Waals surface area contributed by atoms with Crippen molar-refractivity contribution in [1.29, 1.82) is 0 Å². The number of fused-ring (bicyclic) bond motifs is 1. The fraction of sp³-hybridized carbons (Fsp3) is 0.350. The SMILES string of the molecule is Cc1nn(C)cc1-c1c(C(=O)O)n(C2CCCC2)c(=O)c2ccc(Cl)cc12. The topological polar surface area (TPSA) is 77.1 Å². The van der Waals surface area contributed by atoms with Crippen molar-refractivity contribution < 1.29 is 9.90 Å². The molecular weight excluding hydrogens is 366 g/mol. The summed E-state index contributed by atoms with van der Waals surface area (Å²) in [6.45, 7) is 1.84. The standard InChI is InChI=1S/C20H20ClN3O3/c1-11-16(10-23(2)22-11)17-15-9-12(21)7-8-14(15)19(25)24(18(17)20(26)27)13-5-3-4-6-13/h7-10,13H,3-6H2,1-2H3,(H,26,27). The molecule has 0 saturated heterocycles. The minimum Gasteiger partial charge on any atom is -0.477 e. The third-order valence-corrected chi connectivity index (χ3v) is 5.59. The van der Waals surface area contributed by atoms with Crippen molar-refractivity contribution in [3.63, 3.8) is 0 Å². The summed E-state index contributed by atoms with van der Waals surface area (Å²) in [5.41, 5.74) is 1.68. The average molecular weight is 386 g/mol. The Labute approximate surface area is 161 Å². The van der Waals surface area contributed by atoms with Crippen molar-refractivity contribution in [1.82, 2.24) is 14.3 Å². The third kappa shape index (κ3) is 2.84. The predicted octanol–water partition coefficient (Wildman–Crippen LogP) is 4.18. The molecule has 1 aromatic carbocycles. The molecule has 0 spiro atoms. The van der Waals surface area contributed by atoms with E-state index in [2.05, 4.69) is 5.10 Å². The Hall–Kier alpha value is -2.60. The number of aromatic nitrogens is 3. The summed E-state index contributed by atoms with van der Waals surface area (Å²) in [5.74, 6) is -1.11. The van der Waals surface area contributed by atoms with Gasteiger partial charge in [0, 0.05) is 40.8 Å². The number of hydrogen-bond donors (Lipinski definition) is 1. The lowest BCUT2D eigenvalue weighted by molar-refractivity contribution is 0.0682. The second-order valence-electron chi connectivity index (χ2n) is 7.13. The van der Waals surface area contributed by atoms with Crippen molar-refractivity contribution in [3.8, 4) is 11.1 Å². The van der Waals surface area contributed by atoms with Crippen LogP contribution in [0.2, 0.25) is 5.02 Å². The van der Waals surface area contributed by atoms with Gasteiger partial charge < -0.3 is 5.11 Å². The molecule has 140 valence electrons. The van der Waals surface area contributed by atoms with Crippen molar-refractivity contribution in [2.24, 2.45) is 7.05 Å². The Morgan fingerprint density at radius 1 is 1.26 bits per heavy atom. The van der Waals surface area contributed by atoms with Crippen LogP contribution in [0.1, 0.15) is 47.9 Å². The molecular formula is C20H20ClN3O3. The highest BCUT2D eigenvalue weighted by molar-refractivity contribution is 6.31. The first-order valence-electron chi connectivity index (χ1n) is 9.00. The van der Waals surface area contributed by atoms with Crippen LogP contribution in [-0.4, -0.2) is 25.4 Å². The van der Waals surface area contributed by atoms with Crippen molar-refractivity contribution >= 4 is 28.3 Å². The average Bonchev–Trinajstić information content (AvgIpc) is 3.24. The summed E-state index contributed by atoms with van der Waals surface area (Å²) < 4.78 is 3.14. The van der Waals surface area contributed by atoms with Gasteiger partial charge in [0.2, 0.25) is 0 Å². The van der Waals surface area contributed by atoms with Crippen LogP contribution in [0.25, 0.3) is 21.9 Å². The van der Waals surface area contributed by atoms with Crippen LogP contribution in [0.5, 0.6) is 0 Å². The maximum atomic E-state index is 13.3. The summed E-state index contributed by atoms with van der Waals surface area (Å²) >= 11 is 6.20. The molecule has 1 N–H and O–H groups in total. The normalized spacial score (nSPS) is 14.9. The lowest BCUT2D eigenvalue weighted by Gasteiger charge is -2.21. The van der Waals surface area contributed by atoms with Crippen LogP contribution < -0.4 is 5.56 Å². The Morgan fingerprint density at radius 3 is 2.56 bits per heavy atom. The van der Waals surface area contributed by atoms with Gasteiger partial charge in [-0.15, -0.1) is 0 Å². The van der Waals surface area contributed by atoms with Gasteiger partial charge in [0.25, 0.3) is 5.56 Å². The molecule has 0 aliphatic heterocycles. The molecule has 0 atom stereocenters. The van der Waals surface area contributed by atoms with E-state index >= 15 is 0 Å². The smallest absolute Gasteiger partial charge is 0.353 e. The van der Waals surface area contributed by atoms with Gasteiger partial charge in [0.1, 0.15) is 5.69 Å². The zero-order valence-corrected chi connectivity index (χ0v) is 16.0. The number of benzene rings is 1. The van der Waals surface area contributed by atoms with Gasteiger partial charge >= 0.3 is 5.97 Å². The number of nitrogens with zero attached hydrogens (tertiary/aromatic N) is 3. The van der Waals surface area contributed by atoms with Crippen LogP contribution in [0.4, 0.5) is 0 Å². The summed E-state index contributed by atoms with van der Waals surface area (Å²) in [7, 11) is 1.79. The molecule has 0 unspecified atom stereocenters. The van der Waals surface area contributed by atoms with Crippen LogP contribution in [0, 0.1) is 6.92 Å². The Bertz CT molecular complexity index is 1120. The lowest BCUT2D eigenvalue weighted by Crippen LogP contribution is -2.30. The number of carboxylic acid groups (broad SMARTS) is 1. The van der Waals surface area contributed by atoms with E-state index in [1.165, 1.54) is 4.57 Å². The van der Waals surface area contributed by atoms with Crippen LogP contribution in [0.15, 0.2) is 29.2 Å². The first-order chi connectivity index (χ1) is 12.9. The van der Waals surface area contributed by atoms with Crippen LogP contribution >= 0.6 is 11.6 Å². The van der Waals surface area contributed by atoms with Gasteiger partial charge in [-0.3, -0.25) is 14.0 Å². The van der Waals surface area contributed by atoms with E-state index in [0.717, 1.165) is 25.7 Å². The first kappa shape index (κ1) is 17.8. The maximum absolute atomic E-state index is 13.3. The Morgan fingerprint density at radius 2 is 1.96 bits per heavy atom. The lowest BCUT2D eigenvalue weighted by atomic mass is 9.96. The van der Waals surface area contributed by atoms with Gasteiger partial charge in [-0.2, -0.15) is 5.10 Å². The summed E-state index contributed by atoms with van der Waals surface area (Å²) in [6, 6.07) is 4.93. The first-order valence-corrected chi connectivity index (χ1v) is 9.38. The third-order valence-electron chi connectivity index (χ3n) is 5.35. The monoisotopic (exact) mass is 385 g/mol. The largest absolute Gasteiger partial charge is 0.477 e. The van der Waals surface area contributed by atoms with E-state index in [1.807, 2.05) is 6.92 Å². The molecule has 0 radical (unpaired) electrons. The van der Waals surface area contributed by atoms with Crippen molar-refractivity contribution in [2.45, 2.75) is 38.6 Å². The quantitative estimate of drug-likeness (QED) is 0.733. The molecule has 2 heterocycles. The number of aryl methyl sites for hydroxylation is 2. The molecule has 27 heavy (non-hydrogen) atoms. The van der Waals surface area contributed by atoms with Crippen LogP contribution in [-0.2, 0) is 7.05 Å². The minimum atomic E-state index is -1.11. The minimum absolute atomic E-state index is 0.0257. The molecule has 4 rings (SSSR count). The Balaban J connectivity index is 2.22. The number of hydrogen-bond acceptors (Lipinski definition) is 3. The van der Waals surface area contributed by atoms with E-state index in [1.54, 1.807) is 36.1 Å². The molecule has 0 amide bonds. The van der Waals surface area contributed by atoms with Crippen LogP contribution in [0.3, 0.4) is 0 Å². The molecule has 1 fully saturated rings. The van der Waals surface area contributed by atoms with E-state index in [4.69, 9.17) is 11.6 Å². The highest BCUT2D eigenvalue weighted by atomic mass is 35.5. The summed E-state index contributed by atoms with van der Waals surface area (Å²) in [6.07, 6.45) is 5.41. The molecule has 0 bridgehead atoms. The van der Waals surface area contributed by atoms with Crippen molar-refractivity contribution in [2.75, 3.05) is 0 Å². The zero-order chi connectivity index (χ0) is 19.3. The second-order valence-corrected chi connectivity index (χ2v) is 7.57. The highest BCUT2D eigenvalue weighted by Gasteiger charge is 2.29. The van der Waals surface area contributed by atoms with Gasteiger partial charge in [-0.1, -0.05) is 24.4 Å².